The minimum Gasteiger partial charge on any atom is -0.454 e. The molecule has 0 unspecified atom stereocenters. The molecule has 3 aromatic rings. The molecular formula is C34H40BrN3O6S. The Morgan fingerprint density at radius 3 is 2.36 bits per heavy atom. The molecular weight excluding hydrogens is 658 g/mol. The summed E-state index contributed by atoms with van der Waals surface area (Å²) in [6.45, 7) is 0.423. The Bertz CT molecular complexity index is 1560. The molecule has 2 amide bonds. The van der Waals surface area contributed by atoms with Crippen LogP contribution in [0.2, 0.25) is 0 Å². The monoisotopic (exact) mass is 697 g/mol. The zero-order chi connectivity index (χ0) is 31.8. The molecule has 0 spiro atoms. The predicted molar refractivity (Wildman–Crippen MR) is 178 cm³/mol. The normalized spacial score (nSPS) is 15.3. The highest BCUT2D eigenvalue weighted by Gasteiger charge is 2.32. The van der Waals surface area contributed by atoms with Gasteiger partial charge in [-0.3, -0.25) is 13.9 Å². The number of amides is 2. The van der Waals surface area contributed by atoms with Gasteiger partial charge in [0.25, 0.3) is 0 Å². The maximum absolute atomic E-state index is 14.1. The van der Waals surface area contributed by atoms with Crippen molar-refractivity contribution in [1.82, 2.24) is 10.2 Å². The van der Waals surface area contributed by atoms with Crippen LogP contribution in [-0.4, -0.2) is 56.8 Å². The predicted octanol–water partition coefficient (Wildman–Crippen LogP) is 5.81. The van der Waals surface area contributed by atoms with Gasteiger partial charge < -0.3 is 19.7 Å². The van der Waals surface area contributed by atoms with Crippen LogP contribution < -0.4 is 19.1 Å². The Morgan fingerprint density at radius 2 is 1.64 bits per heavy atom. The summed E-state index contributed by atoms with van der Waals surface area (Å²) in [5.41, 5.74) is 2.30. The van der Waals surface area contributed by atoms with Crippen LogP contribution in [0, 0.1) is 0 Å². The third-order valence-electron chi connectivity index (χ3n) is 8.29. The van der Waals surface area contributed by atoms with Crippen molar-refractivity contribution in [2.75, 3.05) is 23.9 Å². The van der Waals surface area contributed by atoms with Crippen LogP contribution >= 0.6 is 15.9 Å². The molecule has 45 heavy (non-hydrogen) atoms. The largest absolute Gasteiger partial charge is 0.454 e. The molecule has 1 atom stereocenters. The van der Waals surface area contributed by atoms with Crippen LogP contribution in [-0.2, 0) is 32.6 Å². The number of benzene rings is 3. The molecule has 1 saturated carbocycles. The van der Waals surface area contributed by atoms with Crippen LogP contribution in [0.5, 0.6) is 11.5 Å². The number of ether oxygens (including phenoxy) is 2. The van der Waals surface area contributed by atoms with E-state index in [4.69, 9.17) is 9.47 Å². The smallest absolute Gasteiger partial charge is 0.243 e. The summed E-state index contributed by atoms with van der Waals surface area (Å²) >= 11 is 3.48. The molecule has 1 heterocycles. The highest BCUT2D eigenvalue weighted by molar-refractivity contribution is 9.10. The van der Waals surface area contributed by atoms with Crippen molar-refractivity contribution in [2.45, 2.75) is 70.0 Å². The number of carbonyl (C=O) groups is 2. The molecule has 3 aromatic carbocycles. The number of anilines is 1. The first-order valence-electron chi connectivity index (χ1n) is 15.4. The first kappa shape index (κ1) is 32.8. The van der Waals surface area contributed by atoms with Gasteiger partial charge in [0.15, 0.2) is 11.5 Å². The van der Waals surface area contributed by atoms with Gasteiger partial charge in [0.1, 0.15) is 6.04 Å². The van der Waals surface area contributed by atoms with E-state index in [1.54, 1.807) is 23.1 Å². The van der Waals surface area contributed by atoms with Gasteiger partial charge in [-0.15, -0.1) is 0 Å². The van der Waals surface area contributed by atoms with E-state index in [0.717, 1.165) is 47.5 Å². The first-order chi connectivity index (χ1) is 21.7. The number of nitrogens with zero attached hydrogens (tertiary/aromatic N) is 2. The van der Waals surface area contributed by atoms with Gasteiger partial charge in [-0.2, -0.15) is 0 Å². The lowest BCUT2D eigenvalue weighted by molar-refractivity contribution is -0.141. The summed E-state index contributed by atoms with van der Waals surface area (Å²) in [6, 6.07) is 21.8. The van der Waals surface area contributed by atoms with Gasteiger partial charge in [-0.1, -0.05) is 77.7 Å². The molecule has 240 valence electrons. The van der Waals surface area contributed by atoms with Crippen molar-refractivity contribution in [2.24, 2.45) is 0 Å². The number of nitrogens with one attached hydrogen (secondary N) is 1. The Hall–Kier alpha value is -3.57. The maximum atomic E-state index is 14.1. The molecule has 1 aliphatic carbocycles. The highest BCUT2D eigenvalue weighted by Crippen LogP contribution is 2.36. The van der Waals surface area contributed by atoms with Gasteiger partial charge in [0.2, 0.25) is 28.6 Å². The molecule has 1 N–H and O–H groups in total. The van der Waals surface area contributed by atoms with Crippen LogP contribution in [0.15, 0.2) is 77.3 Å². The van der Waals surface area contributed by atoms with E-state index < -0.39 is 16.1 Å². The summed E-state index contributed by atoms with van der Waals surface area (Å²) in [6.07, 6.45) is 7.04. The fourth-order valence-corrected chi connectivity index (χ4v) is 7.15. The quantitative estimate of drug-likeness (QED) is 0.242. The summed E-state index contributed by atoms with van der Waals surface area (Å²) in [5, 5.41) is 3.26. The SMILES string of the molecule is CS(=O)(=O)N(CCCC(=O)N(Cc1ccc(Br)cc1)[C@@H](Cc1ccccc1)C(=O)NC1CCCCC1)c1ccc2c(c1)OCO2. The number of hydrogen-bond donors (Lipinski definition) is 1. The molecule has 5 rings (SSSR count). The number of carbonyl (C=O) groups excluding carboxylic acids is 2. The minimum atomic E-state index is -3.65. The fourth-order valence-electron chi connectivity index (χ4n) is 5.93. The Balaban J connectivity index is 1.37. The van der Waals surface area contributed by atoms with Crippen molar-refractivity contribution in [3.05, 3.63) is 88.4 Å². The van der Waals surface area contributed by atoms with E-state index >= 15 is 0 Å². The van der Waals surface area contributed by atoms with E-state index in [0.29, 0.717) is 23.6 Å². The molecule has 1 aliphatic heterocycles. The number of halogens is 1. The third kappa shape index (κ3) is 9.00. The van der Waals surface area contributed by atoms with E-state index in [2.05, 4.69) is 21.2 Å². The lowest BCUT2D eigenvalue weighted by Crippen LogP contribution is -2.52. The van der Waals surface area contributed by atoms with Crippen molar-refractivity contribution in [1.29, 1.82) is 0 Å². The van der Waals surface area contributed by atoms with Gasteiger partial charge in [0.05, 0.1) is 11.9 Å². The minimum absolute atomic E-state index is 0.0646. The first-order valence-corrected chi connectivity index (χ1v) is 18.1. The summed E-state index contributed by atoms with van der Waals surface area (Å²) < 4.78 is 38.6. The zero-order valence-corrected chi connectivity index (χ0v) is 27.9. The number of sulfonamides is 1. The van der Waals surface area contributed by atoms with Gasteiger partial charge >= 0.3 is 0 Å². The maximum Gasteiger partial charge on any atom is 0.243 e. The molecule has 2 aliphatic rings. The average Bonchev–Trinajstić information content (AvgIpc) is 3.50. The van der Waals surface area contributed by atoms with Crippen LogP contribution in [0.3, 0.4) is 0 Å². The van der Waals surface area contributed by atoms with E-state index in [1.165, 1.54) is 10.7 Å². The van der Waals surface area contributed by atoms with Crippen LogP contribution in [0.4, 0.5) is 5.69 Å². The standard InChI is InChI=1S/C34H40BrN3O6S/c1-45(41,42)38(29-18-19-31-32(22-29)44-24-43-31)20-8-13-33(39)37(23-26-14-16-27(35)17-15-26)30(21-25-9-4-2-5-10-25)34(40)36-28-11-6-3-7-12-28/h2,4-5,9-10,14-19,22,28,30H,3,6-8,11-13,20-21,23-24H2,1H3,(H,36,40)/t30-/m0/s1. The van der Waals surface area contributed by atoms with Gasteiger partial charge in [-0.05, 0) is 54.7 Å². The van der Waals surface area contributed by atoms with Crippen molar-refractivity contribution >= 4 is 43.5 Å². The number of rotatable bonds is 13. The van der Waals surface area contributed by atoms with Crippen molar-refractivity contribution in [3.8, 4) is 11.5 Å². The molecule has 0 bridgehead atoms. The second-order valence-corrected chi connectivity index (χ2v) is 14.5. The van der Waals surface area contributed by atoms with Gasteiger partial charge in [0, 0.05) is 42.5 Å². The molecule has 0 saturated heterocycles. The summed E-state index contributed by atoms with van der Waals surface area (Å²) in [5.74, 6) is 0.665. The summed E-state index contributed by atoms with van der Waals surface area (Å²) in [7, 11) is -3.65. The second-order valence-electron chi connectivity index (χ2n) is 11.7. The average molecular weight is 699 g/mol. The lowest BCUT2D eigenvalue weighted by Gasteiger charge is -2.34. The Morgan fingerprint density at radius 1 is 0.933 bits per heavy atom. The zero-order valence-electron chi connectivity index (χ0n) is 25.5. The van der Waals surface area contributed by atoms with E-state index in [9.17, 15) is 18.0 Å². The molecule has 1 fully saturated rings. The van der Waals surface area contributed by atoms with Crippen LogP contribution in [0.25, 0.3) is 0 Å². The third-order valence-corrected chi connectivity index (χ3v) is 10.0. The summed E-state index contributed by atoms with van der Waals surface area (Å²) in [4.78, 5) is 29.7. The molecule has 0 aromatic heterocycles. The van der Waals surface area contributed by atoms with E-state index in [-0.39, 0.29) is 50.6 Å². The highest BCUT2D eigenvalue weighted by atomic mass is 79.9. The van der Waals surface area contributed by atoms with E-state index in [1.807, 2.05) is 54.6 Å². The Kier molecular flexibility index (Phi) is 11.0. The second kappa shape index (κ2) is 15.1. The van der Waals surface area contributed by atoms with Gasteiger partial charge in [-0.25, -0.2) is 8.42 Å². The number of fused-ring (bicyclic) bond motifs is 1. The van der Waals surface area contributed by atoms with Crippen LogP contribution in [0.1, 0.15) is 56.1 Å². The molecule has 11 heteroatoms. The fraction of sp³-hybridized carbons (Fsp3) is 0.412. The number of hydrogen-bond acceptors (Lipinski definition) is 6. The topological polar surface area (TPSA) is 105 Å². The molecule has 0 radical (unpaired) electrons. The lowest BCUT2D eigenvalue weighted by atomic mass is 9.94. The Labute approximate surface area is 274 Å². The van der Waals surface area contributed by atoms with Crippen molar-refractivity contribution < 1.29 is 27.5 Å². The van der Waals surface area contributed by atoms with Crippen molar-refractivity contribution in [3.63, 3.8) is 0 Å². The molecule has 9 nitrogen and oxygen atoms in total.